The van der Waals surface area contributed by atoms with Gasteiger partial charge in [0.1, 0.15) is 17.0 Å². The molecule has 0 fully saturated rings. The molecule has 6 nitrogen and oxygen atoms in total. The SMILES string of the molecule is COc1ccc(OCCCC(=O)Nc2ccc3nc(-c4cccc(C)c4)oc3c2)cc1. The highest BCUT2D eigenvalue weighted by Gasteiger charge is 2.10. The fourth-order valence-electron chi connectivity index (χ4n) is 3.22. The van der Waals surface area contributed by atoms with Crippen LogP contribution in [-0.4, -0.2) is 24.6 Å². The number of fused-ring (bicyclic) bond motifs is 1. The number of ether oxygens (including phenoxy) is 2. The number of nitrogens with one attached hydrogen (secondary N) is 1. The van der Waals surface area contributed by atoms with Gasteiger partial charge in [0, 0.05) is 23.7 Å². The van der Waals surface area contributed by atoms with Crippen molar-refractivity contribution in [3.05, 3.63) is 72.3 Å². The van der Waals surface area contributed by atoms with Crippen molar-refractivity contribution in [2.24, 2.45) is 0 Å². The molecule has 0 radical (unpaired) electrons. The average molecular weight is 416 g/mol. The Morgan fingerprint density at radius 3 is 2.61 bits per heavy atom. The number of carbonyl (C=O) groups excluding carboxylic acids is 1. The molecule has 6 heteroatoms. The fourth-order valence-corrected chi connectivity index (χ4v) is 3.22. The summed E-state index contributed by atoms with van der Waals surface area (Å²) in [5.74, 6) is 2.02. The zero-order valence-electron chi connectivity index (χ0n) is 17.6. The predicted molar refractivity (Wildman–Crippen MR) is 121 cm³/mol. The first-order valence-electron chi connectivity index (χ1n) is 10.1. The zero-order chi connectivity index (χ0) is 21.6. The van der Waals surface area contributed by atoms with Crippen LogP contribution in [0.15, 0.2) is 71.1 Å². The molecule has 0 saturated heterocycles. The van der Waals surface area contributed by atoms with Gasteiger partial charge in [-0.2, -0.15) is 0 Å². The maximum Gasteiger partial charge on any atom is 0.227 e. The maximum atomic E-state index is 12.3. The van der Waals surface area contributed by atoms with Gasteiger partial charge in [-0.1, -0.05) is 17.7 Å². The van der Waals surface area contributed by atoms with Crippen LogP contribution in [0.3, 0.4) is 0 Å². The summed E-state index contributed by atoms with van der Waals surface area (Å²) in [6.07, 6.45) is 0.971. The Hall–Kier alpha value is -3.80. The van der Waals surface area contributed by atoms with Crippen LogP contribution >= 0.6 is 0 Å². The number of methoxy groups -OCH3 is 1. The lowest BCUT2D eigenvalue weighted by molar-refractivity contribution is -0.116. The summed E-state index contributed by atoms with van der Waals surface area (Å²) in [6, 6.07) is 20.8. The van der Waals surface area contributed by atoms with Crippen LogP contribution < -0.4 is 14.8 Å². The van der Waals surface area contributed by atoms with E-state index in [1.165, 1.54) is 0 Å². The minimum absolute atomic E-state index is 0.0731. The van der Waals surface area contributed by atoms with Crippen LogP contribution in [0.5, 0.6) is 11.5 Å². The molecule has 0 spiro atoms. The van der Waals surface area contributed by atoms with E-state index in [9.17, 15) is 4.79 Å². The van der Waals surface area contributed by atoms with Gasteiger partial charge < -0.3 is 19.2 Å². The number of nitrogens with zero attached hydrogens (tertiary/aromatic N) is 1. The lowest BCUT2D eigenvalue weighted by atomic mass is 10.1. The summed E-state index contributed by atoms with van der Waals surface area (Å²) in [7, 11) is 1.62. The molecular weight excluding hydrogens is 392 g/mol. The molecule has 158 valence electrons. The summed E-state index contributed by atoms with van der Waals surface area (Å²) in [6.45, 7) is 2.49. The second-order valence-electron chi connectivity index (χ2n) is 7.25. The van der Waals surface area contributed by atoms with E-state index in [2.05, 4.69) is 10.3 Å². The number of anilines is 1. The number of hydrogen-bond donors (Lipinski definition) is 1. The van der Waals surface area contributed by atoms with Crippen LogP contribution in [-0.2, 0) is 4.79 Å². The molecule has 0 unspecified atom stereocenters. The molecule has 0 atom stereocenters. The molecule has 1 aromatic heterocycles. The summed E-state index contributed by atoms with van der Waals surface area (Å²) in [5.41, 5.74) is 4.14. The molecule has 0 aliphatic rings. The van der Waals surface area contributed by atoms with Crippen molar-refractivity contribution in [3.8, 4) is 23.0 Å². The Morgan fingerprint density at radius 1 is 1.03 bits per heavy atom. The number of carbonyl (C=O) groups is 1. The number of rotatable bonds is 8. The third-order valence-corrected chi connectivity index (χ3v) is 4.81. The predicted octanol–water partition coefficient (Wildman–Crippen LogP) is 5.61. The number of oxazole rings is 1. The summed E-state index contributed by atoms with van der Waals surface area (Å²) in [4.78, 5) is 16.8. The quantitative estimate of drug-likeness (QED) is 0.378. The smallest absolute Gasteiger partial charge is 0.227 e. The van der Waals surface area contributed by atoms with Crippen LogP contribution in [0.25, 0.3) is 22.6 Å². The van der Waals surface area contributed by atoms with Crippen LogP contribution in [0, 0.1) is 6.92 Å². The summed E-state index contributed by atoms with van der Waals surface area (Å²) < 4.78 is 16.7. The number of aryl methyl sites for hydroxylation is 1. The van der Waals surface area contributed by atoms with Gasteiger partial charge in [-0.15, -0.1) is 0 Å². The number of amides is 1. The molecular formula is C25H24N2O4. The summed E-state index contributed by atoms with van der Waals surface area (Å²) in [5, 5.41) is 2.91. The standard InChI is InChI=1S/C25H24N2O4/c1-17-5-3-6-18(15-17)25-27-22-13-8-19(16-23(22)31-25)26-24(28)7-4-14-30-21-11-9-20(29-2)10-12-21/h3,5-6,8-13,15-16H,4,7,14H2,1-2H3,(H,26,28). The van der Waals surface area contributed by atoms with Crippen molar-refractivity contribution in [1.82, 2.24) is 4.98 Å². The van der Waals surface area contributed by atoms with Gasteiger partial charge >= 0.3 is 0 Å². The number of benzene rings is 3. The maximum absolute atomic E-state index is 12.3. The molecule has 0 aliphatic heterocycles. The van der Waals surface area contributed by atoms with E-state index in [4.69, 9.17) is 13.9 Å². The molecule has 0 bridgehead atoms. The van der Waals surface area contributed by atoms with Gasteiger partial charge in [0.05, 0.1) is 13.7 Å². The van der Waals surface area contributed by atoms with Gasteiger partial charge in [0.25, 0.3) is 0 Å². The topological polar surface area (TPSA) is 73.6 Å². The van der Waals surface area contributed by atoms with Crippen LogP contribution in [0.1, 0.15) is 18.4 Å². The van der Waals surface area contributed by atoms with Gasteiger partial charge in [0.2, 0.25) is 11.8 Å². The molecule has 4 aromatic rings. The molecule has 0 aliphatic carbocycles. The van der Waals surface area contributed by atoms with Crippen molar-refractivity contribution >= 4 is 22.7 Å². The lowest BCUT2D eigenvalue weighted by Gasteiger charge is -2.07. The van der Waals surface area contributed by atoms with Gasteiger partial charge in [0.15, 0.2) is 5.58 Å². The van der Waals surface area contributed by atoms with Gasteiger partial charge in [-0.05, 0) is 61.9 Å². The van der Waals surface area contributed by atoms with Crippen molar-refractivity contribution in [1.29, 1.82) is 0 Å². The first-order valence-corrected chi connectivity index (χ1v) is 10.1. The van der Waals surface area contributed by atoms with E-state index in [0.29, 0.717) is 36.6 Å². The minimum Gasteiger partial charge on any atom is -0.497 e. The molecule has 1 N–H and O–H groups in total. The molecule has 1 amide bonds. The van der Waals surface area contributed by atoms with Crippen molar-refractivity contribution in [2.75, 3.05) is 19.0 Å². The van der Waals surface area contributed by atoms with Crippen molar-refractivity contribution in [2.45, 2.75) is 19.8 Å². The third-order valence-electron chi connectivity index (χ3n) is 4.81. The highest BCUT2D eigenvalue weighted by molar-refractivity contribution is 5.93. The second-order valence-corrected chi connectivity index (χ2v) is 7.25. The van der Waals surface area contributed by atoms with Gasteiger partial charge in [-0.3, -0.25) is 4.79 Å². The van der Waals surface area contributed by atoms with E-state index in [0.717, 1.165) is 28.1 Å². The van der Waals surface area contributed by atoms with E-state index in [1.54, 1.807) is 13.2 Å². The Kier molecular flexibility index (Phi) is 6.17. The molecule has 31 heavy (non-hydrogen) atoms. The Morgan fingerprint density at radius 2 is 1.84 bits per heavy atom. The average Bonchev–Trinajstić information content (AvgIpc) is 3.21. The molecule has 1 heterocycles. The largest absolute Gasteiger partial charge is 0.497 e. The molecule has 0 saturated carbocycles. The van der Waals surface area contributed by atoms with E-state index in [1.807, 2.05) is 67.6 Å². The monoisotopic (exact) mass is 416 g/mol. The Labute approximate surface area is 180 Å². The van der Waals surface area contributed by atoms with Gasteiger partial charge in [-0.25, -0.2) is 4.98 Å². The minimum atomic E-state index is -0.0731. The number of aromatic nitrogens is 1. The normalized spacial score (nSPS) is 10.8. The Balaban J connectivity index is 1.31. The summed E-state index contributed by atoms with van der Waals surface area (Å²) >= 11 is 0. The lowest BCUT2D eigenvalue weighted by Crippen LogP contribution is -2.12. The molecule has 4 rings (SSSR count). The van der Waals surface area contributed by atoms with Crippen molar-refractivity contribution in [3.63, 3.8) is 0 Å². The van der Waals surface area contributed by atoms with E-state index < -0.39 is 0 Å². The van der Waals surface area contributed by atoms with Crippen LogP contribution in [0.2, 0.25) is 0 Å². The highest BCUT2D eigenvalue weighted by Crippen LogP contribution is 2.27. The highest BCUT2D eigenvalue weighted by atomic mass is 16.5. The Bertz CT molecular complexity index is 1180. The first kappa shape index (κ1) is 20.5. The van der Waals surface area contributed by atoms with E-state index in [-0.39, 0.29) is 5.91 Å². The third kappa shape index (κ3) is 5.22. The molecule has 3 aromatic carbocycles. The van der Waals surface area contributed by atoms with Crippen LogP contribution in [0.4, 0.5) is 5.69 Å². The second kappa shape index (κ2) is 9.34. The van der Waals surface area contributed by atoms with E-state index >= 15 is 0 Å². The zero-order valence-corrected chi connectivity index (χ0v) is 17.6. The first-order chi connectivity index (χ1) is 15.1. The number of hydrogen-bond acceptors (Lipinski definition) is 5. The van der Waals surface area contributed by atoms with Crippen molar-refractivity contribution < 1.29 is 18.7 Å². The fraction of sp³-hybridized carbons (Fsp3) is 0.200.